The molecule has 0 aromatic carbocycles. The topological polar surface area (TPSA) is 59.1 Å². The fourth-order valence-electron chi connectivity index (χ4n) is 2.83. The number of esters is 1. The lowest BCUT2D eigenvalue weighted by Gasteiger charge is -2.38. The van der Waals surface area contributed by atoms with E-state index in [1.165, 1.54) is 13.5 Å². The number of hydrogen-bond donors (Lipinski definition) is 0. The predicted octanol–water partition coefficient (Wildman–Crippen LogP) is 0.261. The monoisotopic (exact) mass is 284 g/mol. The third-order valence-corrected chi connectivity index (χ3v) is 4.13. The Morgan fingerprint density at radius 3 is 2.55 bits per heavy atom. The van der Waals surface area contributed by atoms with Gasteiger partial charge in [-0.25, -0.2) is 4.79 Å². The molecular formula is C14H24N2O4. The van der Waals surface area contributed by atoms with Gasteiger partial charge >= 0.3 is 5.97 Å². The highest BCUT2D eigenvalue weighted by molar-refractivity contribution is 5.82. The lowest BCUT2D eigenvalue weighted by atomic mass is 10.1. The maximum absolute atomic E-state index is 12.5. The molecule has 0 radical (unpaired) electrons. The zero-order chi connectivity index (χ0) is 14.5. The Bertz CT molecular complexity index is 355. The number of likely N-dealkylation sites (tertiary alicyclic amines) is 1. The van der Waals surface area contributed by atoms with Gasteiger partial charge in [0.15, 0.2) is 6.10 Å². The van der Waals surface area contributed by atoms with Gasteiger partial charge in [-0.05, 0) is 26.2 Å². The molecule has 2 aliphatic rings. The van der Waals surface area contributed by atoms with Crippen molar-refractivity contribution < 1.29 is 19.1 Å². The molecule has 2 rings (SSSR count). The molecular weight excluding hydrogens is 260 g/mol. The van der Waals surface area contributed by atoms with Crippen molar-refractivity contribution in [3.05, 3.63) is 0 Å². The maximum Gasteiger partial charge on any atom is 0.336 e. The Morgan fingerprint density at radius 2 is 1.90 bits per heavy atom. The van der Waals surface area contributed by atoms with Gasteiger partial charge in [-0.15, -0.1) is 0 Å². The summed E-state index contributed by atoms with van der Waals surface area (Å²) in [5, 5.41) is 0. The lowest BCUT2D eigenvalue weighted by Crippen LogP contribution is -2.55. The van der Waals surface area contributed by atoms with E-state index < -0.39 is 6.10 Å². The highest BCUT2D eigenvalue weighted by Gasteiger charge is 2.33. The number of rotatable bonds is 3. The Morgan fingerprint density at radius 1 is 1.20 bits per heavy atom. The van der Waals surface area contributed by atoms with Crippen LogP contribution in [0, 0.1) is 0 Å². The second-order valence-corrected chi connectivity index (χ2v) is 5.44. The van der Waals surface area contributed by atoms with Crippen LogP contribution in [-0.2, 0) is 19.1 Å². The molecule has 2 saturated heterocycles. The highest BCUT2D eigenvalue weighted by Crippen LogP contribution is 2.15. The van der Waals surface area contributed by atoms with Gasteiger partial charge in [0.1, 0.15) is 0 Å². The Labute approximate surface area is 120 Å². The van der Waals surface area contributed by atoms with Crippen LogP contribution >= 0.6 is 0 Å². The van der Waals surface area contributed by atoms with E-state index in [1.54, 1.807) is 0 Å². The van der Waals surface area contributed by atoms with Crippen LogP contribution < -0.4 is 0 Å². The fourth-order valence-corrected chi connectivity index (χ4v) is 2.83. The van der Waals surface area contributed by atoms with Gasteiger partial charge in [0.05, 0.1) is 19.8 Å². The zero-order valence-electron chi connectivity index (χ0n) is 12.3. The van der Waals surface area contributed by atoms with Crippen molar-refractivity contribution in [1.29, 1.82) is 0 Å². The van der Waals surface area contributed by atoms with Crippen LogP contribution in [-0.4, -0.2) is 73.7 Å². The van der Waals surface area contributed by atoms with Crippen LogP contribution in [0.25, 0.3) is 0 Å². The molecule has 6 heteroatoms. The number of carbonyl (C=O) groups excluding carboxylic acids is 2. The highest BCUT2D eigenvalue weighted by atomic mass is 16.6. The molecule has 2 heterocycles. The molecule has 0 bridgehead atoms. The number of carbonyl (C=O) groups is 2. The third kappa shape index (κ3) is 3.49. The molecule has 114 valence electrons. The van der Waals surface area contributed by atoms with Gasteiger partial charge in [-0.1, -0.05) is 0 Å². The molecule has 0 aliphatic carbocycles. The summed E-state index contributed by atoms with van der Waals surface area (Å²) < 4.78 is 10.1. The van der Waals surface area contributed by atoms with E-state index in [0.29, 0.717) is 19.7 Å². The first kappa shape index (κ1) is 15.3. The molecule has 0 spiro atoms. The molecule has 0 saturated carbocycles. The second-order valence-electron chi connectivity index (χ2n) is 5.44. The molecule has 2 aliphatic heterocycles. The maximum atomic E-state index is 12.5. The minimum atomic E-state index is -0.578. The zero-order valence-corrected chi connectivity index (χ0v) is 12.3. The molecule has 2 fully saturated rings. The van der Waals surface area contributed by atoms with Crippen LogP contribution in [0.5, 0.6) is 0 Å². The first-order chi connectivity index (χ1) is 9.63. The fraction of sp³-hybridized carbons (Fsp3) is 0.857. The van der Waals surface area contributed by atoms with Crippen molar-refractivity contribution in [1.82, 2.24) is 9.80 Å². The van der Waals surface area contributed by atoms with E-state index in [-0.39, 0.29) is 17.9 Å². The van der Waals surface area contributed by atoms with Gasteiger partial charge in [-0.3, -0.25) is 9.69 Å². The normalized spacial score (nSPS) is 26.1. The summed E-state index contributed by atoms with van der Waals surface area (Å²) in [6, 6.07) is -0.204. The molecule has 2 unspecified atom stereocenters. The molecule has 0 N–H and O–H groups in total. The summed E-state index contributed by atoms with van der Waals surface area (Å²) >= 11 is 0. The summed E-state index contributed by atoms with van der Waals surface area (Å²) in [6.07, 6.45) is 2.81. The number of nitrogens with zero attached hydrogens (tertiary/aromatic N) is 2. The largest absolute Gasteiger partial charge is 0.467 e. The molecule has 6 nitrogen and oxygen atoms in total. The van der Waals surface area contributed by atoms with Crippen molar-refractivity contribution in [2.24, 2.45) is 0 Å². The average molecular weight is 284 g/mol. The molecule has 0 aromatic heterocycles. The van der Waals surface area contributed by atoms with E-state index in [0.717, 1.165) is 25.9 Å². The van der Waals surface area contributed by atoms with E-state index in [4.69, 9.17) is 9.47 Å². The standard InChI is InChI=1S/C14H24N2O4/c1-11(13(17)15-6-4-3-5-7-15)16-8-9-20-12(10-16)14(18)19-2/h11-12H,3-10H2,1-2H3. The molecule has 2 atom stereocenters. The van der Waals surface area contributed by atoms with E-state index in [9.17, 15) is 9.59 Å². The lowest BCUT2D eigenvalue weighted by molar-refractivity contribution is -0.162. The number of methoxy groups -OCH3 is 1. The van der Waals surface area contributed by atoms with Gasteiger partial charge < -0.3 is 14.4 Å². The minimum Gasteiger partial charge on any atom is -0.467 e. The summed E-state index contributed by atoms with van der Waals surface area (Å²) in [7, 11) is 1.35. The number of amides is 1. The van der Waals surface area contributed by atoms with Crippen molar-refractivity contribution in [3.8, 4) is 0 Å². The van der Waals surface area contributed by atoms with Gasteiger partial charge in [0.2, 0.25) is 5.91 Å². The first-order valence-corrected chi connectivity index (χ1v) is 7.35. The second kappa shape index (κ2) is 7.04. The first-order valence-electron chi connectivity index (χ1n) is 7.35. The van der Waals surface area contributed by atoms with Crippen molar-refractivity contribution in [2.75, 3.05) is 39.9 Å². The van der Waals surface area contributed by atoms with E-state index in [1.807, 2.05) is 16.7 Å². The Balaban J connectivity index is 1.92. The number of piperidine rings is 1. The summed E-state index contributed by atoms with van der Waals surface area (Å²) in [5.41, 5.74) is 0. The van der Waals surface area contributed by atoms with Crippen LogP contribution in [0.3, 0.4) is 0 Å². The van der Waals surface area contributed by atoms with Crippen molar-refractivity contribution in [3.63, 3.8) is 0 Å². The summed E-state index contributed by atoms with van der Waals surface area (Å²) in [6.45, 7) is 5.18. The molecule has 0 aromatic rings. The molecule has 20 heavy (non-hydrogen) atoms. The number of ether oxygens (including phenoxy) is 2. The van der Waals surface area contributed by atoms with E-state index >= 15 is 0 Å². The van der Waals surface area contributed by atoms with Gasteiger partial charge in [0.25, 0.3) is 0 Å². The Hall–Kier alpha value is -1.14. The minimum absolute atomic E-state index is 0.162. The summed E-state index contributed by atoms with van der Waals surface area (Å²) in [4.78, 5) is 28.0. The number of morpholine rings is 1. The molecule has 1 amide bonds. The SMILES string of the molecule is COC(=O)C1CN(C(C)C(=O)N2CCCCC2)CCO1. The third-order valence-electron chi connectivity index (χ3n) is 4.13. The number of hydrogen-bond acceptors (Lipinski definition) is 5. The van der Waals surface area contributed by atoms with Crippen LogP contribution in [0.15, 0.2) is 0 Å². The average Bonchev–Trinajstić information content (AvgIpc) is 2.53. The van der Waals surface area contributed by atoms with Gasteiger partial charge in [-0.2, -0.15) is 0 Å². The Kier molecular flexibility index (Phi) is 5.37. The van der Waals surface area contributed by atoms with Crippen LogP contribution in [0.1, 0.15) is 26.2 Å². The smallest absolute Gasteiger partial charge is 0.336 e. The summed E-state index contributed by atoms with van der Waals surface area (Å²) in [5.74, 6) is -0.206. The van der Waals surface area contributed by atoms with Crippen molar-refractivity contribution >= 4 is 11.9 Å². The van der Waals surface area contributed by atoms with Crippen LogP contribution in [0.2, 0.25) is 0 Å². The van der Waals surface area contributed by atoms with Crippen LogP contribution in [0.4, 0.5) is 0 Å². The van der Waals surface area contributed by atoms with E-state index in [2.05, 4.69) is 0 Å². The van der Waals surface area contributed by atoms with Gasteiger partial charge in [0, 0.05) is 26.2 Å². The van der Waals surface area contributed by atoms with Crippen molar-refractivity contribution in [2.45, 2.75) is 38.3 Å². The quantitative estimate of drug-likeness (QED) is 0.696. The predicted molar refractivity (Wildman–Crippen MR) is 73.2 cm³/mol.